The van der Waals surface area contributed by atoms with Crippen molar-refractivity contribution < 1.29 is 9.13 Å². The molecule has 2 fully saturated rings. The fraction of sp³-hybridized carbons (Fsp3) is 0.500. The Morgan fingerprint density at radius 1 is 1.19 bits per heavy atom. The molecule has 0 radical (unpaired) electrons. The highest BCUT2D eigenvalue weighted by Gasteiger charge is 2.36. The summed E-state index contributed by atoms with van der Waals surface area (Å²) in [6.45, 7) is 4.16. The first-order chi connectivity index (χ1) is 12.8. The summed E-state index contributed by atoms with van der Waals surface area (Å²) < 4.78 is 19.0. The highest BCUT2D eigenvalue weighted by molar-refractivity contribution is 5.39. The van der Waals surface area contributed by atoms with Gasteiger partial charge in [-0.2, -0.15) is 0 Å². The second kappa shape index (κ2) is 7.68. The molecule has 0 amide bonds. The minimum Gasteiger partial charge on any atom is -0.380 e. The van der Waals surface area contributed by atoms with Gasteiger partial charge in [-0.25, -0.2) is 14.4 Å². The van der Waals surface area contributed by atoms with Crippen LogP contribution in [-0.4, -0.2) is 42.8 Å². The standard InChI is InChI=1S/C20H25FN4O/c21-17-3-1-16(2-4-17)20(7-10-26-13-20)12-23-19-11-18(24-14-25-19)15-5-8-22-9-6-15/h1-4,11,14-15,22H,5-10,12-13H2,(H,23,24,25)/t20-/m0/s1. The Balaban J connectivity index is 1.48. The van der Waals surface area contributed by atoms with Crippen LogP contribution in [0.25, 0.3) is 0 Å². The fourth-order valence-electron chi connectivity index (χ4n) is 3.95. The molecule has 5 nitrogen and oxygen atoms in total. The first kappa shape index (κ1) is 17.4. The highest BCUT2D eigenvalue weighted by atomic mass is 19.1. The van der Waals surface area contributed by atoms with Crippen LogP contribution < -0.4 is 10.6 Å². The van der Waals surface area contributed by atoms with Crippen LogP contribution in [0.1, 0.15) is 36.4 Å². The number of piperidine rings is 1. The van der Waals surface area contributed by atoms with E-state index >= 15 is 0 Å². The zero-order valence-corrected chi connectivity index (χ0v) is 14.9. The number of anilines is 1. The van der Waals surface area contributed by atoms with Crippen LogP contribution in [-0.2, 0) is 10.2 Å². The van der Waals surface area contributed by atoms with Gasteiger partial charge in [0.1, 0.15) is 18.0 Å². The number of aromatic nitrogens is 2. The Morgan fingerprint density at radius 3 is 2.73 bits per heavy atom. The number of ether oxygens (including phenoxy) is 1. The Hall–Kier alpha value is -2.05. The zero-order valence-electron chi connectivity index (χ0n) is 14.9. The molecule has 4 rings (SSSR count). The van der Waals surface area contributed by atoms with E-state index in [1.165, 1.54) is 12.1 Å². The molecular formula is C20H25FN4O. The molecule has 138 valence electrons. The maximum absolute atomic E-state index is 13.3. The lowest BCUT2D eigenvalue weighted by molar-refractivity contribution is 0.179. The second-order valence-electron chi connectivity index (χ2n) is 7.30. The molecule has 0 bridgehead atoms. The SMILES string of the molecule is Fc1ccc([C@]2(CNc3cc(C4CCNCC4)ncn3)CCOC2)cc1. The molecular weight excluding hydrogens is 331 g/mol. The van der Waals surface area contributed by atoms with E-state index < -0.39 is 0 Å². The maximum atomic E-state index is 13.3. The molecule has 0 saturated carbocycles. The number of nitrogens with zero attached hydrogens (tertiary/aromatic N) is 2. The van der Waals surface area contributed by atoms with Gasteiger partial charge in [-0.15, -0.1) is 0 Å². The summed E-state index contributed by atoms with van der Waals surface area (Å²) in [7, 11) is 0. The summed E-state index contributed by atoms with van der Waals surface area (Å²) >= 11 is 0. The fourth-order valence-corrected chi connectivity index (χ4v) is 3.95. The van der Waals surface area contributed by atoms with Gasteiger partial charge < -0.3 is 15.4 Å². The number of halogens is 1. The lowest BCUT2D eigenvalue weighted by atomic mass is 9.79. The third kappa shape index (κ3) is 3.71. The van der Waals surface area contributed by atoms with Crippen molar-refractivity contribution in [3.63, 3.8) is 0 Å². The van der Waals surface area contributed by atoms with E-state index in [4.69, 9.17) is 4.74 Å². The number of benzene rings is 1. The molecule has 6 heteroatoms. The predicted molar refractivity (Wildman–Crippen MR) is 98.9 cm³/mol. The third-order valence-corrected chi connectivity index (χ3v) is 5.61. The quantitative estimate of drug-likeness (QED) is 0.863. The molecule has 0 unspecified atom stereocenters. The van der Waals surface area contributed by atoms with Crippen LogP contribution in [0.3, 0.4) is 0 Å². The van der Waals surface area contributed by atoms with Gasteiger partial charge in [0.15, 0.2) is 0 Å². The molecule has 2 aromatic rings. The summed E-state index contributed by atoms with van der Waals surface area (Å²) in [5.74, 6) is 1.14. The lowest BCUT2D eigenvalue weighted by Crippen LogP contribution is -2.35. The van der Waals surface area contributed by atoms with E-state index in [2.05, 4.69) is 26.7 Å². The third-order valence-electron chi connectivity index (χ3n) is 5.61. The van der Waals surface area contributed by atoms with E-state index in [1.54, 1.807) is 6.33 Å². The molecule has 2 saturated heterocycles. The highest BCUT2D eigenvalue weighted by Crippen LogP contribution is 2.34. The van der Waals surface area contributed by atoms with Crippen molar-refractivity contribution in [3.05, 3.63) is 53.7 Å². The van der Waals surface area contributed by atoms with Gasteiger partial charge in [-0.05, 0) is 50.0 Å². The number of hydrogen-bond acceptors (Lipinski definition) is 5. The summed E-state index contributed by atoms with van der Waals surface area (Å²) in [5, 5.41) is 6.87. The minimum atomic E-state index is -0.210. The average Bonchev–Trinajstić information content (AvgIpc) is 3.18. The van der Waals surface area contributed by atoms with Crippen LogP contribution in [0.5, 0.6) is 0 Å². The van der Waals surface area contributed by atoms with E-state index in [9.17, 15) is 4.39 Å². The van der Waals surface area contributed by atoms with Crippen LogP contribution in [0.4, 0.5) is 10.2 Å². The summed E-state index contributed by atoms with van der Waals surface area (Å²) in [6, 6.07) is 8.85. The molecule has 1 atom stereocenters. The van der Waals surface area contributed by atoms with Crippen molar-refractivity contribution in [2.45, 2.75) is 30.6 Å². The van der Waals surface area contributed by atoms with Crippen LogP contribution >= 0.6 is 0 Å². The predicted octanol–water partition coefficient (Wildman–Crippen LogP) is 2.85. The molecule has 2 aliphatic rings. The van der Waals surface area contributed by atoms with Crippen molar-refractivity contribution in [2.24, 2.45) is 0 Å². The molecule has 1 aromatic carbocycles. The first-order valence-electron chi connectivity index (χ1n) is 9.36. The molecule has 1 aromatic heterocycles. The van der Waals surface area contributed by atoms with E-state index in [0.29, 0.717) is 19.1 Å². The monoisotopic (exact) mass is 356 g/mol. The van der Waals surface area contributed by atoms with Crippen LogP contribution in [0.2, 0.25) is 0 Å². The topological polar surface area (TPSA) is 59.1 Å². The zero-order chi connectivity index (χ0) is 17.8. The lowest BCUT2D eigenvalue weighted by Gasteiger charge is -2.29. The van der Waals surface area contributed by atoms with Crippen molar-refractivity contribution in [2.75, 3.05) is 38.2 Å². The van der Waals surface area contributed by atoms with Gasteiger partial charge in [-0.3, -0.25) is 0 Å². The Kier molecular flexibility index (Phi) is 5.13. The summed E-state index contributed by atoms with van der Waals surface area (Å²) in [5.41, 5.74) is 2.08. The van der Waals surface area contributed by atoms with E-state index in [0.717, 1.165) is 56.0 Å². The normalized spacial score (nSPS) is 23.9. The van der Waals surface area contributed by atoms with Gasteiger partial charge in [-0.1, -0.05) is 12.1 Å². The van der Waals surface area contributed by atoms with Crippen molar-refractivity contribution >= 4 is 5.82 Å². The van der Waals surface area contributed by atoms with Crippen molar-refractivity contribution in [1.82, 2.24) is 15.3 Å². The van der Waals surface area contributed by atoms with Crippen molar-refractivity contribution in [1.29, 1.82) is 0 Å². The van der Waals surface area contributed by atoms with Crippen LogP contribution in [0, 0.1) is 5.82 Å². The van der Waals surface area contributed by atoms with Gasteiger partial charge in [0.05, 0.1) is 6.61 Å². The van der Waals surface area contributed by atoms with Gasteiger partial charge in [0.25, 0.3) is 0 Å². The van der Waals surface area contributed by atoms with E-state index in [-0.39, 0.29) is 11.2 Å². The summed E-state index contributed by atoms with van der Waals surface area (Å²) in [4.78, 5) is 8.88. The maximum Gasteiger partial charge on any atom is 0.129 e. The summed E-state index contributed by atoms with van der Waals surface area (Å²) in [6.07, 6.45) is 4.79. The first-order valence-corrected chi connectivity index (χ1v) is 9.36. The largest absolute Gasteiger partial charge is 0.380 e. The number of hydrogen-bond donors (Lipinski definition) is 2. The molecule has 0 aliphatic carbocycles. The Morgan fingerprint density at radius 2 is 2.00 bits per heavy atom. The molecule has 2 N–H and O–H groups in total. The van der Waals surface area contributed by atoms with Gasteiger partial charge in [0.2, 0.25) is 0 Å². The van der Waals surface area contributed by atoms with Crippen molar-refractivity contribution in [3.8, 4) is 0 Å². The average molecular weight is 356 g/mol. The second-order valence-corrected chi connectivity index (χ2v) is 7.30. The van der Waals surface area contributed by atoms with Gasteiger partial charge in [0, 0.05) is 36.2 Å². The Labute approximate surface area is 153 Å². The number of nitrogens with one attached hydrogen (secondary N) is 2. The van der Waals surface area contributed by atoms with Gasteiger partial charge >= 0.3 is 0 Å². The molecule has 26 heavy (non-hydrogen) atoms. The number of rotatable bonds is 5. The molecule has 2 aliphatic heterocycles. The minimum absolute atomic E-state index is 0.145. The van der Waals surface area contributed by atoms with Crippen LogP contribution in [0.15, 0.2) is 36.7 Å². The molecule has 0 spiro atoms. The van der Waals surface area contributed by atoms with E-state index in [1.807, 2.05) is 12.1 Å². The smallest absolute Gasteiger partial charge is 0.129 e. The Bertz CT molecular complexity index is 725. The molecule has 3 heterocycles.